The summed E-state index contributed by atoms with van der Waals surface area (Å²) >= 11 is 1.64. The van der Waals surface area contributed by atoms with Crippen LogP contribution in [0.5, 0.6) is 5.88 Å². The molecule has 2 aromatic heterocycles. The molecule has 0 aliphatic heterocycles. The average molecular weight is 264 g/mol. The maximum Gasteiger partial charge on any atom is 0.217 e. The van der Waals surface area contributed by atoms with Crippen LogP contribution in [-0.2, 0) is 6.42 Å². The zero-order valence-corrected chi connectivity index (χ0v) is 11.2. The summed E-state index contributed by atoms with van der Waals surface area (Å²) in [4.78, 5) is 8.62. The van der Waals surface area contributed by atoms with E-state index in [1.54, 1.807) is 24.6 Å². The molecule has 18 heavy (non-hydrogen) atoms. The lowest BCUT2D eigenvalue weighted by atomic mass is 10.0. The van der Waals surface area contributed by atoms with E-state index in [2.05, 4.69) is 15.4 Å². The quantitative estimate of drug-likeness (QED) is 0.634. The minimum absolute atomic E-state index is 0.0600. The molecule has 5 nitrogen and oxygen atoms in total. The van der Waals surface area contributed by atoms with E-state index in [4.69, 9.17) is 10.6 Å². The highest BCUT2D eigenvalue weighted by Gasteiger charge is 2.17. The van der Waals surface area contributed by atoms with Crippen LogP contribution in [0, 0.1) is 6.92 Å². The number of hydrazine groups is 1. The Labute approximate surface area is 110 Å². The van der Waals surface area contributed by atoms with Crippen LogP contribution in [0.15, 0.2) is 23.7 Å². The van der Waals surface area contributed by atoms with E-state index in [0.717, 1.165) is 16.3 Å². The highest BCUT2D eigenvalue weighted by molar-refractivity contribution is 7.09. The SMILES string of the molecule is COc1ncccc1C(Cc1csc(C)n1)NN. The summed E-state index contributed by atoms with van der Waals surface area (Å²) in [7, 11) is 1.60. The van der Waals surface area contributed by atoms with Gasteiger partial charge in [-0.15, -0.1) is 11.3 Å². The van der Waals surface area contributed by atoms with Gasteiger partial charge in [0, 0.05) is 23.6 Å². The molecule has 0 amide bonds. The fourth-order valence-corrected chi connectivity index (χ4v) is 2.43. The zero-order chi connectivity index (χ0) is 13.0. The van der Waals surface area contributed by atoms with Gasteiger partial charge in [0.25, 0.3) is 0 Å². The number of methoxy groups -OCH3 is 1. The molecule has 1 unspecified atom stereocenters. The topological polar surface area (TPSA) is 73.1 Å². The minimum atomic E-state index is -0.0600. The van der Waals surface area contributed by atoms with Crippen LogP contribution in [-0.4, -0.2) is 17.1 Å². The highest BCUT2D eigenvalue weighted by Crippen LogP contribution is 2.25. The first-order chi connectivity index (χ1) is 8.74. The molecule has 2 aromatic rings. The predicted molar refractivity (Wildman–Crippen MR) is 71.4 cm³/mol. The number of aromatic nitrogens is 2. The van der Waals surface area contributed by atoms with Gasteiger partial charge in [-0.25, -0.2) is 9.97 Å². The van der Waals surface area contributed by atoms with Crippen LogP contribution in [0.1, 0.15) is 22.3 Å². The molecule has 0 radical (unpaired) electrons. The summed E-state index contributed by atoms with van der Waals surface area (Å²) in [6, 6.07) is 3.76. The van der Waals surface area contributed by atoms with Crippen molar-refractivity contribution in [1.29, 1.82) is 0 Å². The lowest BCUT2D eigenvalue weighted by Gasteiger charge is -2.17. The molecule has 2 heterocycles. The Hall–Kier alpha value is -1.50. The standard InChI is InChI=1S/C12H16N4OS/c1-8-15-9(7-18-8)6-11(16-13)10-4-3-5-14-12(10)17-2/h3-5,7,11,16H,6,13H2,1-2H3. The van der Waals surface area contributed by atoms with Crippen LogP contribution in [0.4, 0.5) is 0 Å². The number of ether oxygens (including phenoxy) is 1. The van der Waals surface area contributed by atoms with E-state index >= 15 is 0 Å². The van der Waals surface area contributed by atoms with Gasteiger partial charge in [-0.3, -0.25) is 11.3 Å². The lowest BCUT2D eigenvalue weighted by molar-refractivity contribution is 0.382. The summed E-state index contributed by atoms with van der Waals surface area (Å²) in [5.41, 5.74) is 4.75. The molecule has 0 aliphatic carbocycles. The molecule has 0 fully saturated rings. The molecular formula is C12H16N4OS. The number of rotatable bonds is 5. The summed E-state index contributed by atoms with van der Waals surface area (Å²) < 4.78 is 5.25. The number of nitrogens with zero attached hydrogens (tertiary/aromatic N) is 2. The Morgan fingerprint density at radius 3 is 3.00 bits per heavy atom. The number of nitrogens with one attached hydrogen (secondary N) is 1. The molecule has 1 atom stereocenters. The van der Waals surface area contributed by atoms with Crippen LogP contribution < -0.4 is 16.0 Å². The highest BCUT2D eigenvalue weighted by atomic mass is 32.1. The number of hydrogen-bond donors (Lipinski definition) is 2. The van der Waals surface area contributed by atoms with E-state index in [1.165, 1.54) is 0 Å². The number of pyridine rings is 1. The molecule has 0 saturated carbocycles. The molecule has 0 bridgehead atoms. The molecule has 2 rings (SSSR count). The van der Waals surface area contributed by atoms with Crippen molar-refractivity contribution in [1.82, 2.24) is 15.4 Å². The van der Waals surface area contributed by atoms with E-state index < -0.39 is 0 Å². The maximum absolute atomic E-state index is 5.63. The summed E-state index contributed by atoms with van der Waals surface area (Å²) in [6.45, 7) is 1.99. The monoisotopic (exact) mass is 264 g/mol. The van der Waals surface area contributed by atoms with Gasteiger partial charge < -0.3 is 4.74 Å². The number of hydrogen-bond acceptors (Lipinski definition) is 6. The summed E-state index contributed by atoms with van der Waals surface area (Å²) in [5, 5.41) is 3.10. The molecule has 6 heteroatoms. The molecular weight excluding hydrogens is 248 g/mol. The Balaban J connectivity index is 2.22. The second kappa shape index (κ2) is 5.90. The smallest absolute Gasteiger partial charge is 0.217 e. The van der Waals surface area contributed by atoms with Gasteiger partial charge in [-0.2, -0.15) is 0 Å². The van der Waals surface area contributed by atoms with Crippen molar-refractivity contribution in [3.63, 3.8) is 0 Å². The molecule has 0 aliphatic rings. The fourth-order valence-electron chi connectivity index (χ4n) is 1.81. The lowest BCUT2D eigenvalue weighted by Crippen LogP contribution is -2.30. The van der Waals surface area contributed by atoms with Gasteiger partial charge >= 0.3 is 0 Å². The maximum atomic E-state index is 5.63. The van der Waals surface area contributed by atoms with Gasteiger partial charge in [0.1, 0.15) is 0 Å². The van der Waals surface area contributed by atoms with Crippen LogP contribution >= 0.6 is 11.3 Å². The molecule has 96 valence electrons. The van der Waals surface area contributed by atoms with Crippen molar-refractivity contribution in [2.24, 2.45) is 5.84 Å². The largest absolute Gasteiger partial charge is 0.481 e. The summed E-state index contributed by atoms with van der Waals surface area (Å²) in [6.07, 6.45) is 2.41. The Morgan fingerprint density at radius 1 is 1.56 bits per heavy atom. The Morgan fingerprint density at radius 2 is 2.39 bits per heavy atom. The Kier molecular flexibility index (Phi) is 4.24. The molecule has 0 saturated heterocycles. The molecule has 0 spiro atoms. The van der Waals surface area contributed by atoms with Gasteiger partial charge in [-0.1, -0.05) is 6.07 Å². The number of nitrogens with two attached hydrogens (primary N) is 1. The molecule has 0 aromatic carbocycles. The van der Waals surface area contributed by atoms with Gasteiger partial charge in [0.05, 0.1) is 23.9 Å². The van der Waals surface area contributed by atoms with Gasteiger partial charge in [0.15, 0.2) is 0 Å². The van der Waals surface area contributed by atoms with Crippen molar-refractivity contribution in [3.05, 3.63) is 40.0 Å². The van der Waals surface area contributed by atoms with Gasteiger partial charge in [-0.05, 0) is 13.0 Å². The van der Waals surface area contributed by atoms with Gasteiger partial charge in [0.2, 0.25) is 5.88 Å². The third-order valence-electron chi connectivity index (χ3n) is 2.65. The fraction of sp³-hybridized carbons (Fsp3) is 0.333. The predicted octanol–water partition coefficient (Wildman–Crippen LogP) is 1.60. The second-order valence-electron chi connectivity index (χ2n) is 3.88. The number of thiazole rings is 1. The first-order valence-corrected chi connectivity index (χ1v) is 6.48. The average Bonchev–Trinajstić information content (AvgIpc) is 2.81. The molecule has 3 N–H and O–H groups in total. The van der Waals surface area contributed by atoms with Crippen LogP contribution in [0.25, 0.3) is 0 Å². The zero-order valence-electron chi connectivity index (χ0n) is 10.4. The third-order valence-corrected chi connectivity index (χ3v) is 3.47. The van der Waals surface area contributed by atoms with Crippen molar-refractivity contribution in [2.75, 3.05) is 7.11 Å². The first-order valence-electron chi connectivity index (χ1n) is 5.60. The van der Waals surface area contributed by atoms with Crippen LogP contribution in [0.2, 0.25) is 0 Å². The van der Waals surface area contributed by atoms with E-state index in [1.807, 2.05) is 24.4 Å². The second-order valence-corrected chi connectivity index (χ2v) is 4.95. The van der Waals surface area contributed by atoms with E-state index in [-0.39, 0.29) is 6.04 Å². The summed E-state index contributed by atoms with van der Waals surface area (Å²) in [5.74, 6) is 6.22. The van der Waals surface area contributed by atoms with Crippen molar-refractivity contribution >= 4 is 11.3 Å². The normalized spacial score (nSPS) is 12.4. The first kappa shape index (κ1) is 12.9. The van der Waals surface area contributed by atoms with E-state index in [9.17, 15) is 0 Å². The van der Waals surface area contributed by atoms with Crippen molar-refractivity contribution in [3.8, 4) is 5.88 Å². The Bertz CT molecular complexity index is 514. The van der Waals surface area contributed by atoms with E-state index in [0.29, 0.717) is 12.3 Å². The van der Waals surface area contributed by atoms with Crippen LogP contribution in [0.3, 0.4) is 0 Å². The van der Waals surface area contributed by atoms with Crippen molar-refractivity contribution < 1.29 is 4.74 Å². The minimum Gasteiger partial charge on any atom is -0.481 e. The number of aryl methyl sites for hydroxylation is 1. The van der Waals surface area contributed by atoms with Crippen molar-refractivity contribution in [2.45, 2.75) is 19.4 Å². The third kappa shape index (κ3) is 2.84.